The number of rotatable bonds is 3. The van der Waals surface area contributed by atoms with Crippen molar-refractivity contribution in [1.82, 2.24) is 4.98 Å². The van der Waals surface area contributed by atoms with Crippen LogP contribution in [-0.4, -0.2) is 17.1 Å². The van der Waals surface area contributed by atoms with Crippen molar-refractivity contribution in [2.45, 2.75) is 44.9 Å². The van der Waals surface area contributed by atoms with Crippen LogP contribution in [0.3, 0.4) is 0 Å². The normalized spacial score (nSPS) is 21.5. The first kappa shape index (κ1) is 19.2. The summed E-state index contributed by atoms with van der Waals surface area (Å²) >= 11 is 3.24. The first-order chi connectivity index (χ1) is 13.6. The summed E-state index contributed by atoms with van der Waals surface area (Å²) in [4.78, 5) is 8.32. The van der Waals surface area contributed by atoms with Crippen molar-refractivity contribution in [3.63, 3.8) is 0 Å². The van der Waals surface area contributed by atoms with Gasteiger partial charge < -0.3 is 0 Å². The van der Waals surface area contributed by atoms with Crippen molar-refractivity contribution in [2.75, 3.05) is 6.26 Å². The summed E-state index contributed by atoms with van der Waals surface area (Å²) in [5.41, 5.74) is 10.6. The van der Waals surface area contributed by atoms with E-state index in [2.05, 4.69) is 47.6 Å². The monoisotopic (exact) mass is 409 g/mol. The maximum atomic E-state index is 10.0. The third-order valence-electron chi connectivity index (χ3n) is 6.02. The number of amidine groups is 1. The van der Waals surface area contributed by atoms with E-state index in [4.69, 9.17) is 10.7 Å². The minimum Gasteiger partial charge on any atom is -0.290 e. The molecule has 1 saturated carbocycles. The third-order valence-corrected chi connectivity index (χ3v) is 7.65. The summed E-state index contributed by atoms with van der Waals surface area (Å²) in [5.74, 6) is 0.678. The summed E-state index contributed by atoms with van der Waals surface area (Å²) in [5, 5.41) is 14.1. The van der Waals surface area contributed by atoms with Crippen LogP contribution < -0.4 is 10.7 Å². The fourth-order valence-electron chi connectivity index (χ4n) is 4.62. The lowest BCUT2D eigenvalue weighted by Crippen LogP contribution is -2.78. The van der Waals surface area contributed by atoms with Crippen LogP contribution in [0.4, 0.5) is 0 Å². The van der Waals surface area contributed by atoms with Crippen LogP contribution in [0.25, 0.3) is 11.3 Å². The molecule has 1 aliphatic heterocycles. The molecule has 2 aliphatic rings. The highest BCUT2D eigenvalue weighted by atomic mass is 32.2. The molecule has 1 fully saturated rings. The minimum absolute atomic E-state index is 0.0532. The molecule has 0 radical (unpaired) electrons. The number of thiazole rings is 1. The molecule has 2 aromatic rings. The molecule has 0 amide bonds. The standard InChI is InChI=1S/C22H24N4S2/c1-14-6-8-15(9-7-14)17-13-28-21(25-17)18-19(24)26-20(27-2)16(12-23)22(18)10-4-3-5-11-22/h6-9,13,18H,3-5,10-11H2,1-2H3,(H2,24,26)/p+1/t18-/m1/s1. The second kappa shape index (κ2) is 7.73. The molecule has 1 spiro atoms. The highest BCUT2D eigenvalue weighted by Gasteiger charge is 2.53. The van der Waals surface area contributed by atoms with Gasteiger partial charge in [0.2, 0.25) is 0 Å². The number of hydrogen-bond acceptors (Lipinski definition) is 5. The zero-order valence-electron chi connectivity index (χ0n) is 16.3. The van der Waals surface area contributed by atoms with Crippen molar-refractivity contribution in [3.05, 3.63) is 50.8 Å². The molecule has 144 valence electrons. The first-order valence-electron chi connectivity index (χ1n) is 9.69. The zero-order valence-corrected chi connectivity index (χ0v) is 17.9. The van der Waals surface area contributed by atoms with Gasteiger partial charge in [-0.15, -0.1) is 11.3 Å². The average molecular weight is 410 g/mol. The molecule has 1 atom stereocenters. The van der Waals surface area contributed by atoms with Gasteiger partial charge in [-0.25, -0.2) is 9.98 Å². The largest absolute Gasteiger partial charge is 0.290 e. The minimum atomic E-state index is -0.233. The topological polar surface area (TPSA) is 76.7 Å². The van der Waals surface area contributed by atoms with E-state index in [1.165, 1.54) is 12.0 Å². The lowest BCUT2D eigenvalue weighted by molar-refractivity contribution is -0.391. The summed E-state index contributed by atoms with van der Waals surface area (Å²) in [6.45, 7) is 2.09. The number of allylic oxidation sites excluding steroid dienone is 1. The summed E-state index contributed by atoms with van der Waals surface area (Å²) in [6.07, 6.45) is 7.48. The van der Waals surface area contributed by atoms with Crippen LogP contribution in [-0.2, 0) is 0 Å². The number of benzene rings is 1. The highest BCUT2D eigenvalue weighted by Crippen LogP contribution is 2.54. The van der Waals surface area contributed by atoms with Crippen LogP contribution in [0.15, 0.2) is 40.2 Å². The van der Waals surface area contributed by atoms with E-state index in [-0.39, 0.29) is 11.3 Å². The molecule has 0 saturated heterocycles. The summed E-state index contributed by atoms with van der Waals surface area (Å²) in [7, 11) is 0. The molecule has 6 heteroatoms. The van der Waals surface area contributed by atoms with Gasteiger partial charge in [0.15, 0.2) is 5.03 Å². The van der Waals surface area contributed by atoms with E-state index in [0.29, 0.717) is 0 Å². The average Bonchev–Trinajstić information content (AvgIpc) is 3.18. The Morgan fingerprint density at radius 3 is 2.61 bits per heavy atom. The van der Waals surface area contributed by atoms with Crippen molar-refractivity contribution >= 4 is 28.9 Å². The van der Waals surface area contributed by atoms with Gasteiger partial charge in [-0.05, 0) is 26.0 Å². The smallest absolute Gasteiger partial charge is 0.257 e. The van der Waals surface area contributed by atoms with Crippen molar-refractivity contribution in [3.8, 4) is 17.3 Å². The van der Waals surface area contributed by atoms with Gasteiger partial charge >= 0.3 is 0 Å². The Morgan fingerprint density at radius 2 is 1.96 bits per heavy atom. The zero-order chi connectivity index (χ0) is 19.7. The number of nitriles is 1. The number of aromatic nitrogens is 1. The first-order valence-corrected chi connectivity index (χ1v) is 11.8. The van der Waals surface area contributed by atoms with Crippen molar-refractivity contribution in [1.29, 1.82) is 5.26 Å². The van der Waals surface area contributed by atoms with Gasteiger partial charge in [0.25, 0.3) is 5.84 Å². The number of nitrogens with one attached hydrogen (secondary N) is 1. The number of aryl methyl sites for hydroxylation is 1. The Labute approximate surface area is 174 Å². The van der Waals surface area contributed by atoms with Gasteiger partial charge in [0, 0.05) is 16.4 Å². The Morgan fingerprint density at radius 1 is 1.25 bits per heavy atom. The molecule has 4 nitrogen and oxygen atoms in total. The van der Waals surface area contributed by atoms with E-state index in [0.717, 1.165) is 58.4 Å². The Kier molecular flexibility index (Phi) is 5.31. The molecule has 4 rings (SSSR count). The molecule has 1 aliphatic carbocycles. The van der Waals surface area contributed by atoms with E-state index >= 15 is 0 Å². The maximum Gasteiger partial charge on any atom is 0.257 e. The number of thioether (sulfide) groups is 1. The van der Waals surface area contributed by atoms with E-state index < -0.39 is 0 Å². The predicted molar refractivity (Wildman–Crippen MR) is 117 cm³/mol. The van der Waals surface area contributed by atoms with Gasteiger partial charge in [0.1, 0.15) is 17.0 Å². The number of hydrogen-bond donors (Lipinski definition) is 2. The van der Waals surface area contributed by atoms with Gasteiger partial charge in [0.05, 0.1) is 11.3 Å². The molecule has 1 aromatic heterocycles. The lowest BCUT2D eigenvalue weighted by atomic mass is 9.61. The molecular weight excluding hydrogens is 384 g/mol. The molecular formula is C22H25N4S2+. The lowest BCUT2D eigenvalue weighted by Gasteiger charge is -2.42. The fraction of sp³-hybridized carbons (Fsp3) is 0.409. The fourth-order valence-corrected chi connectivity index (χ4v) is 6.35. The van der Waals surface area contributed by atoms with Gasteiger partial charge in [-0.2, -0.15) is 5.26 Å². The Bertz CT molecular complexity index is 973. The molecule has 0 unspecified atom stereocenters. The summed E-state index contributed by atoms with van der Waals surface area (Å²) in [6, 6.07) is 11.0. The molecule has 1 aromatic carbocycles. The van der Waals surface area contributed by atoms with E-state index in [1.807, 2.05) is 6.26 Å². The van der Waals surface area contributed by atoms with Crippen molar-refractivity contribution in [2.24, 2.45) is 11.1 Å². The quantitative estimate of drug-likeness (QED) is 0.810. The highest BCUT2D eigenvalue weighted by molar-refractivity contribution is 8.02. The molecule has 2 heterocycles. The second-order valence-electron chi connectivity index (χ2n) is 7.69. The van der Waals surface area contributed by atoms with E-state index in [9.17, 15) is 5.26 Å². The number of nitrogens with two attached hydrogens (primary N) is 1. The van der Waals surface area contributed by atoms with Gasteiger partial charge in [-0.1, -0.05) is 60.9 Å². The van der Waals surface area contributed by atoms with Crippen LogP contribution in [0.1, 0.15) is 48.6 Å². The SMILES string of the molecule is CSC1=C(C#N)C2(CCCCC2)[C@@H](c2nc(-c3ccc(C)cc3)cs2)C(N)=[NH+]1. The Balaban J connectivity index is 1.80. The van der Waals surface area contributed by atoms with Crippen LogP contribution >= 0.6 is 23.1 Å². The van der Waals surface area contributed by atoms with Crippen LogP contribution in [0.5, 0.6) is 0 Å². The number of nitrogens with zero attached hydrogens (tertiary/aromatic N) is 2. The third kappa shape index (κ3) is 3.17. The second-order valence-corrected chi connectivity index (χ2v) is 9.39. The predicted octanol–water partition coefficient (Wildman–Crippen LogP) is 3.70. The molecule has 28 heavy (non-hydrogen) atoms. The van der Waals surface area contributed by atoms with Crippen LogP contribution in [0, 0.1) is 23.7 Å². The van der Waals surface area contributed by atoms with Crippen LogP contribution in [0.2, 0.25) is 0 Å². The summed E-state index contributed by atoms with van der Waals surface area (Å²) < 4.78 is 0. The van der Waals surface area contributed by atoms with Gasteiger partial charge in [-0.3, -0.25) is 5.73 Å². The van der Waals surface area contributed by atoms with E-state index in [1.54, 1.807) is 23.1 Å². The van der Waals surface area contributed by atoms with Crippen molar-refractivity contribution < 1.29 is 4.99 Å². The Hall–Kier alpha value is -2.10. The molecule has 3 N–H and O–H groups in total. The molecule has 0 bridgehead atoms. The maximum absolute atomic E-state index is 10.0.